The first-order valence-corrected chi connectivity index (χ1v) is 8.08. The van der Waals surface area contributed by atoms with Crippen LogP contribution < -0.4 is 5.32 Å². The Morgan fingerprint density at radius 3 is 2.68 bits per heavy atom. The Morgan fingerprint density at radius 2 is 2.00 bits per heavy atom. The Labute approximate surface area is 135 Å². The summed E-state index contributed by atoms with van der Waals surface area (Å²) >= 11 is 5.89. The maximum absolute atomic E-state index is 5.89. The van der Waals surface area contributed by atoms with Gasteiger partial charge in [0.1, 0.15) is 0 Å². The minimum Gasteiger partial charge on any atom is -0.338 e. The van der Waals surface area contributed by atoms with Crippen molar-refractivity contribution >= 4 is 11.6 Å². The Hall–Kier alpha value is -1.43. The Kier molecular flexibility index (Phi) is 5.08. The number of hydrogen-bond acceptors (Lipinski definition) is 5. The van der Waals surface area contributed by atoms with Gasteiger partial charge in [-0.2, -0.15) is 4.98 Å². The second-order valence-electron chi connectivity index (χ2n) is 5.80. The zero-order valence-electron chi connectivity index (χ0n) is 12.8. The largest absolute Gasteiger partial charge is 0.338 e. The number of nitrogens with one attached hydrogen (secondary N) is 1. The zero-order valence-corrected chi connectivity index (χ0v) is 13.5. The number of likely N-dealkylation sites (tertiary alicyclic amines) is 1. The fourth-order valence-corrected chi connectivity index (χ4v) is 2.99. The van der Waals surface area contributed by atoms with E-state index in [1.807, 2.05) is 31.3 Å². The van der Waals surface area contributed by atoms with Gasteiger partial charge in [-0.05, 0) is 69.7 Å². The smallest absolute Gasteiger partial charge is 0.241 e. The molecule has 1 aromatic carbocycles. The first kappa shape index (κ1) is 15.5. The maximum Gasteiger partial charge on any atom is 0.241 e. The molecular formula is C16H21ClN4O. The summed E-state index contributed by atoms with van der Waals surface area (Å²) in [7, 11) is 2.02. The lowest BCUT2D eigenvalue weighted by Gasteiger charge is -2.30. The van der Waals surface area contributed by atoms with Crippen LogP contribution in [0.1, 0.15) is 18.7 Å². The maximum atomic E-state index is 5.89. The highest BCUT2D eigenvalue weighted by Crippen LogP contribution is 2.21. The molecule has 0 saturated carbocycles. The van der Waals surface area contributed by atoms with E-state index in [9.17, 15) is 0 Å². The normalized spacial score (nSPS) is 17.0. The number of piperidine rings is 1. The Balaban J connectivity index is 1.57. The molecule has 118 valence electrons. The molecule has 1 fully saturated rings. The van der Waals surface area contributed by atoms with E-state index in [2.05, 4.69) is 20.4 Å². The topological polar surface area (TPSA) is 54.2 Å². The third-order valence-corrected chi connectivity index (χ3v) is 4.38. The van der Waals surface area contributed by atoms with Crippen LogP contribution in [0.15, 0.2) is 28.8 Å². The third-order valence-electron chi connectivity index (χ3n) is 4.13. The van der Waals surface area contributed by atoms with Crippen LogP contribution in [0.3, 0.4) is 0 Å². The molecule has 1 saturated heterocycles. The summed E-state index contributed by atoms with van der Waals surface area (Å²) in [6.45, 7) is 4.01. The number of halogens is 1. The van der Waals surface area contributed by atoms with Gasteiger partial charge in [-0.15, -0.1) is 0 Å². The molecule has 1 aliphatic rings. The number of rotatable bonds is 5. The van der Waals surface area contributed by atoms with E-state index in [0.717, 1.165) is 37.7 Å². The van der Waals surface area contributed by atoms with E-state index < -0.39 is 0 Å². The monoisotopic (exact) mass is 320 g/mol. The molecule has 0 spiro atoms. The third kappa shape index (κ3) is 3.85. The van der Waals surface area contributed by atoms with E-state index in [4.69, 9.17) is 16.1 Å². The molecule has 0 atom stereocenters. The zero-order chi connectivity index (χ0) is 15.4. The van der Waals surface area contributed by atoms with Crippen LogP contribution in [-0.4, -0.2) is 41.7 Å². The van der Waals surface area contributed by atoms with E-state index in [-0.39, 0.29) is 0 Å². The molecule has 0 unspecified atom stereocenters. The van der Waals surface area contributed by atoms with Gasteiger partial charge >= 0.3 is 0 Å². The van der Waals surface area contributed by atoms with Crippen LogP contribution in [0.4, 0.5) is 0 Å². The minimum absolute atomic E-state index is 0.622. The number of aromatic nitrogens is 2. The summed E-state index contributed by atoms with van der Waals surface area (Å²) in [6.07, 6.45) is 2.44. The van der Waals surface area contributed by atoms with Crippen LogP contribution in [0.2, 0.25) is 5.02 Å². The van der Waals surface area contributed by atoms with Crippen molar-refractivity contribution in [2.24, 2.45) is 5.92 Å². The molecule has 1 aliphatic heterocycles. The van der Waals surface area contributed by atoms with Crippen molar-refractivity contribution in [3.05, 3.63) is 35.2 Å². The van der Waals surface area contributed by atoms with Gasteiger partial charge in [0.15, 0.2) is 0 Å². The summed E-state index contributed by atoms with van der Waals surface area (Å²) in [5.41, 5.74) is 0.923. The summed E-state index contributed by atoms with van der Waals surface area (Å²) in [5, 5.41) is 8.02. The van der Waals surface area contributed by atoms with Gasteiger partial charge in [0, 0.05) is 10.6 Å². The van der Waals surface area contributed by atoms with Crippen molar-refractivity contribution in [1.29, 1.82) is 0 Å². The Bertz CT molecular complexity index is 590. The van der Waals surface area contributed by atoms with Crippen molar-refractivity contribution in [1.82, 2.24) is 20.4 Å². The predicted molar refractivity (Wildman–Crippen MR) is 86.7 cm³/mol. The van der Waals surface area contributed by atoms with Crippen LogP contribution in [0, 0.1) is 5.92 Å². The minimum atomic E-state index is 0.622. The molecule has 2 aromatic rings. The average Bonchev–Trinajstić information content (AvgIpc) is 2.99. The van der Waals surface area contributed by atoms with Crippen LogP contribution >= 0.6 is 11.6 Å². The number of hydrogen-bond donors (Lipinski definition) is 1. The van der Waals surface area contributed by atoms with Crippen molar-refractivity contribution in [3.8, 4) is 11.4 Å². The van der Waals surface area contributed by atoms with E-state index in [1.54, 1.807) is 0 Å². The second-order valence-corrected chi connectivity index (χ2v) is 6.23. The molecule has 1 aromatic heterocycles. The van der Waals surface area contributed by atoms with Crippen LogP contribution in [0.25, 0.3) is 11.4 Å². The molecule has 3 rings (SSSR count). The number of benzene rings is 1. The van der Waals surface area contributed by atoms with Gasteiger partial charge in [0.25, 0.3) is 0 Å². The molecule has 5 nitrogen and oxygen atoms in total. The second kappa shape index (κ2) is 7.22. The molecule has 0 amide bonds. The highest BCUT2D eigenvalue weighted by Gasteiger charge is 2.20. The van der Waals surface area contributed by atoms with Crippen molar-refractivity contribution in [2.45, 2.75) is 19.4 Å². The molecular weight excluding hydrogens is 300 g/mol. The van der Waals surface area contributed by atoms with E-state index in [1.165, 1.54) is 12.8 Å². The van der Waals surface area contributed by atoms with Gasteiger partial charge in [0.2, 0.25) is 11.7 Å². The average molecular weight is 321 g/mol. The number of nitrogens with zero attached hydrogens (tertiary/aromatic N) is 3. The molecule has 22 heavy (non-hydrogen) atoms. The van der Waals surface area contributed by atoms with E-state index >= 15 is 0 Å². The van der Waals surface area contributed by atoms with E-state index in [0.29, 0.717) is 16.7 Å². The summed E-state index contributed by atoms with van der Waals surface area (Å²) < 4.78 is 5.38. The van der Waals surface area contributed by atoms with Gasteiger partial charge in [-0.25, -0.2) is 0 Å². The molecule has 0 aliphatic carbocycles. The van der Waals surface area contributed by atoms with Gasteiger partial charge in [0.05, 0.1) is 6.54 Å². The fraction of sp³-hybridized carbons (Fsp3) is 0.500. The lowest BCUT2D eigenvalue weighted by molar-refractivity contribution is 0.159. The van der Waals surface area contributed by atoms with Gasteiger partial charge in [-0.1, -0.05) is 16.8 Å². The molecule has 6 heteroatoms. The summed E-state index contributed by atoms with van der Waals surface area (Å²) in [6, 6.07) is 7.47. The van der Waals surface area contributed by atoms with Gasteiger partial charge in [-0.3, -0.25) is 4.90 Å². The fourth-order valence-electron chi connectivity index (χ4n) is 2.86. The Morgan fingerprint density at radius 1 is 1.27 bits per heavy atom. The van der Waals surface area contributed by atoms with Crippen LogP contribution in [-0.2, 0) is 6.54 Å². The standard InChI is InChI=1S/C16H21ClN4O/c1-18-10-12-6-8-21(9-7-12)11-15-19-16(20-22-15)13-2-4-14(17)5-3-13/h2-5,12,18H,6-11H2,1H3. The van der Waals surface area contributed by atoms with Gasteiger partial charge < -0.3 is 9.84 Å². The molecule has 2 heterocycles. The summed E-state index contributed by atoms with van der Waals surface area (Å²) in [4.78, 5) is 6.87. The SMILES string of the molecule is CNCC1CCN(Cc2nc(-c3ccc(Cl)cc3)no2)CC1. The molecule has 1 N–H and O–H groups in total. The van der Waals surface area contributed by atoms with Crippen molar-refractivity contribution in [2.75, 3.05) is 26.7 Å². The predicted octanol–water partition coefficient (Wildman–Crippen LogP) is 2.82. The quantitative estimate of drug-likeness (QED) is 0.918. The van der Waals surface area contributed by atoms with Crippen LogP contribution in [0.5, 0.6) is 0 Å². The first-order chi connectivity index (χ1) is 10.7. The first-order valence-electron chi connectivity index (χ1n) is 7.70. The van der Waals surface area contributed by atoms with Crippen molar-refractivity contribution < 1.29 is 4.52 Å². The molecule has 0 bridgehead atoms. The molecule has 0 radical (unpaired) electrons. The lowest BCUT2D eigenvalue weighted by Crippen LogP contribution is -2.36. The lowest BCUT2D eigenvalue weighted by atomic mass is 9.97. The highest BCUT2D eigenvalue weighted by molar-refractivity contribution is 6.30. The highest BCUT2D eigenvalue weighted by atomic mass is 35.5. The van der Waals surface area contributed by atoms with Crippen molar-refractivity contribution in [3.63, 3.8) is 0 Å². The summed E-state index contributed by atoms with van der Waals surface area (Å²) in [5.74, 6) is 2.09.